The summed E-state index contributed by atoms with van der Waals surface area (Å²) in [4.78, 5) is 23.3. The number of aromatic nitrogens is 1. The summed E-state index contributed by atoms with van der Waals surface area (Å²) in [6, 6.07) is -0.266. The molecule has 0 saturated carbocycles. The third-order valence-corrected chi connectivity index (χ3v) is 4.22. The van der Waals surface area contributed by atoms with E-state index < -0.39 is 5.97 Å². The molecule has 19 heavy (non-hydrogen) atoms. The van der Waals surface area contributed by atoms with E-state index in [1.807, 2.05) is 6.92 Å². The maximum atomic E-state index is 12.2. The van der Waals surface area contributed by atoms with Crippen molar-refractivity contribution in [1.29, 1.82) is 0 Å². The first-order chi connectivity index (χ1) is 9.00. The van der Waals surface area contributed by atoms with Crippen LogP contribution in [0.5, 0.6) is 0 Å². The number of nitrogens with one attached hydrogen (secondary N) is 2. The first-order valence-corrected chi connectivity index (χ1v) is 7.02. The van der Waals surface area contributed by atoms with E-state index in [0.29, 0.717) is 10.7 Å². The lowest BCUT2D eigenvalue weighted by Crippen LogP contribution is -2.48. The van der Waals surface area contributed by atoms with Gasteiger partial charge in [-0.15, -0.1) is 0 Å². The minimum atomic E-state index is -1.06. The number of carboxylic acid groups (broad SMARTS) is 1. The Balaban J connectivity index is 2.12. The van der Waals surface area contributed by atoms with Gasteiger partial charge in [0.15, 0.2) is 0 Å². The molecule has 0 radical (unpaired) electrons. The second-order valence-electron chi connectivity index (χ2n) is 4.82. The van der Waals surface area contributed by atoms with Crippen LogP contribution in [0.15, 0.2) is 0 Å². The van der Waals surface area contributed by atoms with Crippen molar-refractivity contribution in [1.82, 2.24) is 9.69 Å². The number of hydrogen-bond donors (Lipinski definition) is 3. The predicted octanol–water partition coefficient (Wildman–Crippen LogP) is 1.48. The smallest absolute Gasteiger partial charge is 0.340 e. The number of carbonyl (C=O) groups is 2. The Morgan fingerprint density at radius 2 is 2.26 bits per heavy atom. The van der Waals surface area contributed by atoms with Gasteiger partial charge in [-0.05, 0) is 43.8 Å². The molecule has 3 N–H and O–H groups in total. The van der Waals surface area contributed by atoms with E-state index in [9.17, 15) is 9.59 Å². The number of hydrogen-bond acceptors (Lipinski definition) is 5. The van der Waals surface area contributed by atoms with Gasteiger partial charge < -0.3 is 15.7 Å². The molecule has 2 atom stereocenters. The molecule has 6 nitrogen and oxygen atoms in total. The van der Waals surface area contributed by atoms with Crippen molar-refractivity contribution >= 4 is 28.4 Å². The molecule has 2 rings (SSSR count). The summed E-state index contributed by atoms with van der Waals surface area (Å²) >= 11 is 1.01. The minimum absolute atomic E-state index is 0.0850. The van der Waals surface area contributed by atoms with E-state index in [1.165, 1.54) is 0 Å². The number of aryl methyl sites for hydroxylation is 1. The van der Waals surface area contributed by atoms with E-state index in [0.717, 1.165) is 30.9 Å². The molecular weight excluding hydrogens is 266 g/mol. The van der Waals surface area contributed by atoms with Gasteiger partial charge in [0.05, 0.1) is 11.7 Å². The summed E-state index contributed by atoms with van der Waals surface area (Å²) in [7, 11) is 0. The average Bonchev–Trinajstić information content (AvgIpc) is 2.70. The molecule has 1 amide bonds. The second-order valence-corrected chi connectivity index (χ2v) is 5.59. The quantitative estimate of drug-likeness (QED) is 0.781. The lowest BCUT2D eigenvalue weighted by Gasteiger charge is -2.28. The number of piperidine rings is 1. The predicted molar refractivity (Wildman–Crippen MR) is 72.6 cm³/mol. The molecule has 104 valence electrons. The number of aromatic carboxylic acids is 1. The fourth-order valence-electron chi connectivity index (χ4n) is 2.30. The Morgan fingerprint density at radius 1 is 1.53 bits per heavy atom. The summed E-state index contributed by atoms with van der Waals surface area (Å²) in [6.07, 6.45) is 2.06. The van der Waals surface area contributed by atoms with Crippen molar-refractivity contribution in [3.63, 3.8) is 0 Å². The highest BCUT2D eigenvalue weighted by Gasteiger charge is 2.29. The number of amides is 1. The van der Waals surface area contributed by atoms with Crippen LogP contribution in [0.4, 0.5) is 5.00 Å². The second kappa shape index (κ2) is 5.66. The Labute approximate surface area is 115 Å². The van der Waals surface area contributed by atoms with E-state index >= 15 is 0 Å². The van der Waals surface area contributed by atoms with Crippen LogP contribution in [0.2, 0.25) is 0 Å². The summed E-state index contributed by atoms with van der Waals surface area (Å²) in [6.45, 7) is 4.46. The summed E-state index contributed by atoms with van der Waals surface area (Å²) in [5.41, 5.74) is 0.513. The fourth-order valence-corrected chi connectivity index (χ4v) is 3.09. The SMILES string of the molecule is Cc1nsc(NC(=O)C2NCCCC2C)c1C(=O)O. The zero-order valence-electron chi connectivity index (χ0n) is 10.9. The van der Waals surface area contributed by atoms with Crippen LogP contribution in [0.1, 0.15) is 35.8 Å². The third-order valence-electron chi connectivity index (χ3n) is 3.37. The van der Waals surface area contributed by atoms with Gasteiger partial charge >= 0.3 is 5.97 Å². The topological polar surface area (TPSA) is 91.3 Å². The molecule has 1 saturated heterocycles. The van der Waals surface area contributed by atoms with Gasteiger partial charge in [0, 0.05) is 0 Å². The highest BCUT2D eigenvalue weighted by Crippen LogP contribution is 2.25. The van der Waals surface area contributed by atoms with Crippen LogP contribution in [0.3, 0.4) is 0 Å². The van der Waals surface area contributed by atoms with Gasteiger partial charge in [0.2, 0.25) is 5.91 Å². The molecule has 7 heteroatoms. The van der Waals surface area contributed by atoms with Crippen molar-refractivity contribution in [3.05, 3.63) is 11.3 Å². The maximum Gasteiger partial charge on any atom is 0.340 e. The third kappa shape index (κ3) is 2.93. The van der Waals surface area contributed by atoms with Gasteiger partial charge in [0.1, 0.15) is 10.6 Å². The van der Waals surface area contributed by atoms with Gasteiger partial charge in [-0.25, -0.2) is 4.79 Å². The molecule has 0 aliphatic carbocycles. The van der Waals surface area contributed by atoms with E-state index in [4.69, 9.17) is 5.11 Å². The van der Waals surface area contributed by atoms with Gasteiger partial charge in [-0.3, -0.25) is 4.79 Å². The number of anilines is 1. The molecule has 1 fully saturated rings. The average molecular weight is 283 g/mol. The molecule has 2 unspecified atom stereocenters. The molecule has 1 aromatic heterocycles. The number of nitrogens with zero attached hydrogens (tertiary/aromatic N) is 1. The summed E-state index contributed by atoms with van der Waals surface area (Å²) < 4.78 is 3.98. The molecular formula is C12H17N3O3S. The van der Waals surface area contributed by atoms with Crippen molar-refractivity contribution in [2.24, 2.45) is 5.92 Å². The Hall–Kier alpha value is -1.47. The van der Waals surface area contributed by atoms with Crippen molar-refractivity contribution < 1.29 is 14.7 Å². The molecule has 0 spiro atoms. The molecule has 2 heterocycles. The largest absolute Gasteiger partial charge is 0.478 e. The highest BCUT2D eigenvalue weighted by molar-refractivity contribution is 7.11. The number of carboxylic acids is 1. The van der Waals surface area contributed by atoms with Gasteiger partial charge in [-0.1, -0.05) is 6.92 Å². The van der Waals surface area contributed by atoms with Crippen LogP contribution in [0.25, 0.3) is 0 Å². The van der Waals surface area contributed by atoms with Gasteiger partial charge in [-0.2, -0.15) is 4.37 Å². The molecule has 0 bridgehead atoms. The summed E-state index contributed by atoms with van der Waals surface area (Å²) in [5.74, 6) is -0.999. The molecule has 1 aliphatic heterocycles. The fraction of sp³-hybridized carbons (Fsp3) is 0.583. The highest BCUT2D eigenvalue weighted by atomic mass is 32.1. The number of rotatable bonds is 3. The Kier molecular flexibility index (Phi) is 4.16. The first-order valence-electron chi connectivity index (χ1n) is 6.24. The first kappa shape index (κ1) is 14.0. The lowest BCUT2D eigenvalue weighted by molar-refractivity contribution is -0.119. The minimum Gasteiger partial charge on any atom is -0.478 e. The Bertz CT molecular complexity index is 500. The maximum absolute atomic E-state index is 12.2. The van der Waals surface area contributed by atoms with Crippen LogP contribution in [-0.4, -0.2) is 33.9 Å². The van der Waals surface area contributed by atoms with Crippen LogP contribution in [-0.2, 0) is 4.79 Å². The molecule has 1 aliphatic rings. The number of carbonyl (C=O) groups excluding carboxylic acids is 1. The van der Waals surface area contributed by atoms with Crippen LogP contribution >= 0.6 is 11.5 Å². The van der Waals surface area contributed by atoms with E-state index in [-0.39, 0.29) is 23.4 Å². The molecule has 1 aromatic rings. The lowest BCUT2D eigenvalue weighted by atomic mass is 9.92. The normalized spacial score (nSPS) is 23.1. The van der Waals surface area contributed by atoms with Gasteiger partial charge in [0.25, 0.3) is 0 Å². The zero-order valence-corrected chi connectivity index (χ0v) is 11.7. The Morgan fingerprint density at radius 3 is 2.89 bits per heavy atom. The van der Waals surface area contributed by atoms with Crippen molar-refractivity contribution in [2.75, 3.05) is 11.9 Å². The monoisotopic (exact) mass is 283 g/mol. The summed E-state index contributed by atoms with van der Waals surface area (Å²) in [5, 5.41) is 15.3. The zero-order chi connectivity index (χ0) is 14.0. The van der Waals surface area contributed by atoms with Crippen LogP contribution in [0, 0.1) is 12.8 Å². The van der Waals surface area contributed by atoms with Crippen molar-refractivity contribution in [2.45, 2.75) is 32.7 Å². The van der Waals surface area contributed by atoms with Crippen molar-refractivity contribution in [3.8, 4) is 0 Å². The van der Waals surface area contributed by atoms with E-state index in [2.05, 4.69) is 15.0 Å². The standard InChI is InChI=1S/C12H17N3O3S/c1-6-4-3-5-13-9(6)10(16)14-11-8(12(17)18)7(2)15-19-11/h6,9,13H,3-5H2,1-2H3,(H,14,16)(H,17,18). The van der Waals surface area contributed by atoms with Crippen LogP contribution < -0.4 is 10.6 Å². The molecule has 0 aromatic carbocycles. The van der Waals surface area contributed by atoms with E-state index in [1.54, 1.807) is 6.92 Å².